The van der Waals surface area contributed by atoms with Crippen molar-refractivity contribution >= 4 is 0 Å². The fourth-order valence-corrected chi connectivity index (χ4v) is 1.71. The Morgan fingerprint density at radius 1 is 1.58 bits per heavy atom. The third kappa shape index (κ3) is 1.14. The predicted octanol–water partition coefficient (Wildman–Crippen LogP) is 1.48. The molecule has 1 unspecified atom stereocenters. The molecule has 1 aromatic heterocycles. The first kappa shape index (κ1) is 7.80. The summed E-state index contributed by atoms with van der Waals surface area (Å²) in [4.78, 5) is 2.47. The Kier molecular flexibility index (Phi) is 1.89. The van der Waals surface area contributed by atoms with Crippen LogP contribution in [0.15, 0.2) is 6.20 Å². The summed E-state index contributed by atoms with van der Waals surface area (Å²) >= 11 is 0. The third-order valence-corrected chi connectivity index (χ3v) is 2.76. The Balaban J connectivity index is 2.13. The average molecular weight is 165 g/mol. The van der Waals surface area contributed by atoms with Gasteiger partial charge in [-0.2, -0.15) is 5.10 Å². The number of H-pyrrole nitrogens is 1. The molecule has 3 nitrogen and oxygen atoms in total. The van der Waals surface area contributed by atoms with E-state index in [-0.39, 0.29) is 0 Å². The second kappa shape index (κ2) is 2.90. The zero-order valence-corrected chi connectivity index (χ0v) is 7.67. The smallest absolute Gasteiger partial charge is 0.0537 e. The SMILES string of the molecule is Cc1[nH]ncc1C(C)N1CCC1. The van der Waals surface area contributed by atoms with Gasteiger partial charge in [-0.15, -0.1) is 0 Å². The van der Waals surface area contributed by atoms with Crippen LogP contribution < -0.4 is 0 Å². The number of hydrogen-bond acceptors (Lipinski definition) is 2. The first-order valence-corrected chi connectivity index (χ1v) is 4.53. The first-order chi connectivity index (χ1) is 5.79. The summed E-state index contributed by atoms with van der Waals surface area (Å²) in [5.41, 5.74) is 2.55. The predicted molar refractivity (Wildman–Crippen MR) is 47.9 cm³/mol. The summed E-state index contributed by atoms with van der Waals surface area (Å²) in [7, 11) is 0. The maximum atomic E-state index is 4.03. The van der Waals surface area contributed by atoms with Crippen molar-refractivity contribution in [3.05, 3.63) is 17.5 Å². The number of nitrogens with one attached hydrogen (secondary N) is 1. The number of aromatic amines is 1. The maximum Gasteiger partial charge on any atom is 0.0537 e. The molecule has 1 N–H and O–H groups in total. The molecule has 0 spiro atoms. The molecule has 1 atom stereocenters. The van der Waals surface area contributed by atoms with Crippen LogP contribution in [0.5, 0.6) is 0 Å². The average Bonchev–Trinajstić information content (AvgIpc) is 2.31. The molecule has 1 fully saturated rings. The molecule has 2 heterocycles. The number of rotatable bonds is 2. The van der Waals surface area contributed by atoms with E-state index in [2.05, 4.69) is 28.9 Å². The summed E-state index contributed by atoms with van der Waals surface area (Å²) in [6.45, 7) is 6.81. The molecular formula is C9H15N3. The first-order valence-electron chi connectivity index (χ1n) is 4.53. The van der Waals surface area contributed by atoms with E-state index >= 15 is 0 Å². The quantitative estimate of drug-likeness (QED) is 0.720. The lowest BCUT2D eigenvalue weighted by Crippen LogP contribution is -2.39. The van der Waals surface area contributed by atoms with Crippen LogP contribution in [0.1, 0.15) is 30.6 Å². The van der Waals surface area contributed by atoms with Crippen molar-refractivity contribution in [2.45, 2.75) is 26.3 Å². The molecule has 0 amide bonds. The molecule has 12 heavy (non-hydrogen) atoms. The number of hydrogen-bond donors (Lipinski definition) is 1. The van der Waals surface area contributed by atoms with Gasteiger partial charge >= 0.3 is 0 Å². The minimum atomic E-state index is 0.539. The minimum Gasteiger partial charge on any atom is -0.296 e. The van der Waals surface area contributed by atoms with Crippen LogP contribution in [0.4, 0.5) is 0 Å². The standard InChI is InChI=1S/C9H15N3/c1-7-9(6-10-11-7)8(2)12-4-3-5-12/h6,8H,3-5H2,1-2H3,(H,10,11). The van der Waals surface area contributed by atoms with Crippen molar-refractivity contribution in [2.75, 3.05) is 13.1 Å². The van der Waals surface area contributed by atoms with E-state index < -0.39 is 0 Å². The zero-order chi connectivity index (χ0) is 8.55. The van der Waals surface area contributed by atoms with Crippen LogP contribution in [-0.4, -0.2) is 28.2 Å². The van der Waals surface area contributed by atoms with Crippen LogP contribution in [0.2, 0.25) is 0 Å². The van der Waals surface area contributed by atoms with Crippen molar-refractivity contribution in [1.82, 2.24) is 15.1 Å². The second-order valence-electron chi connectivity index (χ2n) is 3.52. The molecule has 3 heteroatoms. The molecule has 1 aliphatic rings. The Morgan fingerprint density at radius 3 is 2.75 bits per heavy atom. The van der Waals surface area contributed by atoms with Crippen LogP contribution in [0.3, 0.4) is 0 Å². The molecule has 1 aromatic rings. The monoisotopic (exact) mass is 165 g/mol. The second-order valence-corrected chi connectivity index (χ2v) is 3.52. The molecule has 1 saturated heterocycles. The number of nitrogens with zero attached hydrogens (tertiary/aromatic N) is 2. The molecule has 66 valence electrons. The largest absolute Gasteiger partial charge is 0.296 e. The Hall–Kier alpha value is -0.830. The molecule has 0 bridgehead atoms. The van der Waals surface area contributed by atoms with Gasteiger partial charge in [0.25, 0.3) is 0 Å². The summed E-state index contributed by atoms with van der Waals surface area (Å²) in [6, 6.07) is 0.539. The lowest BCUT2D eigenvalue weighted by atomic mass is 10.0. The lowest BCUT2D eigenvalue weighted by Gasteiger charge is -2.36. The highest BCUT2D eigenvalue weighted by Gasteiger charge is 2.23. The summed E-state index contributed by atoms with van der Waals surface area (Å²) < 4.78 is 0. The van der Waals surface area contributed by atoms with Gasteiger partial charge in [-0.05, 0) is 33.4 Å². The normalized spacial score (nSPS) is 20.5. The van der Waals surface area contributed by atoms with Gasteiger partial charge in [-0.1, -0.05) is 0 Å². The number of likely N-dealkylation sites (tertiary alicyclic amines) is 1. The van der Waals surface area contributed by atoms with Gasteiger partial charge < -0.3 is 0 Å². The van der Waals surface area contributed by atoms with E-state index in [0.29, 0.717) is 6.04 Å². The van der Waals surface area contributed by atoms with Crippen molar-refractivity contribution in [3.63, 3.8) is 0 Å². The van der Waals surface area contributed by atoms with E-state index in [1.165, 1.54) is 30.8 Å². The van der Waals surface area contributed by atoms with E-state index in [0.717, 1.165) is 0 Å². The van der Waals surface area contributed by atoms with Crippen molar-refractivity contribution in [2.24, 2.45) is 0 Å². The fraction of sp³-hybridized carbons (Fsp3) is 0.667. The molecule has 1 aliphatic heterocycles. The van der Waals surface area contributed by atoms with Crippen LogP contribution >= 0.6 is 0 Å². The Bertz CT molecular complexity index is 262. The fourth-order valence-electron chi connectivity index (χ4n) is 1.71. The molecule has 0 saturated carbocycles. The van der Waals surface area contributed by atoms with Gasteiger partial charge in [0.2, 0.25) is 0 Å². The summed E-state index contributed by atoms with van der Waals surface area (Å²) in [5, 5.41) is 7.01. The van der Waals surface area contributed by atoms with E-state index in [4.69, 9.17) is 0 Å². The van der Waals surface area contributed by atoms with Crippen LogP contribution in [-0.2, 0) is 0 Å². The van der Waals surface area contributed by atoms with Crippen LogP contribution in [0.25, 0.3) is 0 Å². The van der Waals surface area contributed by atoms with Gasteiger partial charge in [0.1, 0.15) is 0 Å². The van der Waals surface area contributed by atoms with E-state index in [1.54, 1.807) is 0 Å². The number of aryl methyl sites for hydroxylation is 1. The minimum absolute atomic E-state index is 0.539. The molecule has 0 radical (unpaired) electrons. The van der Waals surface area contributed by atoms with Gasteiger partial charge in [0.05, 0.1) is 6.20 Å². The van der Waals surface area contributed by atoms with E-state index in [1.807, 2.05) is 6.20 Å². The third-order valence-electron chi connectivity index (χ3n) is 2.76. The lowest BCUT2D eigenvalue weighted by molar-refractivity contribution is 0.128. The highest BCUT2D eigenvalue weighted by atomic mass is 15.2. The Morgan fingerprint density at radius 2 is 2.33 bits per heavy atom. The van der Waals surface area contributed by atoms with Crippen molar-refractivity contribution in [3.8, 4) is 0 Å². The maximum absolute atomic E-state index is 4.03. The van der Waals surface area contributed by atoms with Crippen LogP contribution in [0, 0.1) is 6.92 Å². The summed E-state index contributed by atoms with van der Waals surface area (Å²) in [5.74, 6) is 0. The van der Waals surface area contributed by atoms with Gasteiger partial charge in [-0.25, -0.2) is 0 Å². The molecule has 2 rings (SSSR count). The van der Waals surface area contributed by atoms with Gasteiger partial charge in [0, 0.05) is 17.3 Å². The van der Waals surface area contributed by atoms with Gasteiger partial charge in [-0.3, -0.25) is 10.00 Å². The summed E-state index contributed by atoms with van der Waals surface area (Å²) in [6.07, 6.45) is 3.29. The Labute approximate surface area is 72.8 Å². The zero-order valence-electron chi connectivity index (χ0n) is 7.67. The van der Waals surface area contributed by atoms with Crippen molar-refractivity contribution in [1.29, 1.82) is 0 Å². The topological polar surface area (TPSA) is 31.9 Å². The number of aromatic nitrogens is 2. The molecule has 0 aliphatic carbocycles. The molecule has 0 aromatic carbocycles. The molecular weight excluding hydrogens is 150 g/mol. The highest BCUT2D eigenvalue weighted by Crippen LogP contribution is 2.25. The van der Waals surface area contributed by atoms with Gasteiger partial charge in [0.15, 0.2) is 0 Å². The van der Waals surface area contributed by atoms with Crippen molar-refractivity contribution < 1.29 is 0 Å². The van der Waals surface area contributed by atoms with E-state index in [9.17, 15) is 0 Å². The highest BCUT2D eigenvalue weighted by molar-refractivity contribution is 5.19.